The molecule has 2 aliphatic heterocycles. The molecule has 3 rings (SSSR count). The molecule has 1 aromatic rings. The topological polar surface area (TPSA) is 52.7 Å². The number of rotatable bonds is 1. The fourth-order valence-corrected chi connectivity index (χ4v) is 3.37. The highest BCUT2D eigenvalue weighted by Gasteiger charge is 2.52. The van der Waals surface area contributed by atoms with E-state index >= 15 is 0 Å². The Balaban J connectivity index is 1.93. The van der Waals surface area contributed by atoms with E-state index in [4.69, 9.17) is 0 Å². The SMILES string of the molecule is CN1C[C@@H](C(F)(F)F)[C@H](C(=O)N2CCC(=O)Nc3ccccc32)C1. The van der Waals surface area contributed by atoms with Crippen LogP contribution in [0.25, 0.3) is 0 Å². The van der Waals surface area contributed by atoms with Gasteiger partial charge in [-0.05, 0) is 19.2 Å². The molecule has 2 aliphatic rings. The normalized spacial score (nSPS) is 25.2. The fraction of sp³-hybridized carbons (Fsp3) is 0.500. The number of hydrogen-bond donors (Lipinski definition) is 1. The van der Waals surface area contributed by atoms with Crippen LogP contribution in [0.4, 0.5) is 24.5 Å². The Kier molecular flexibility index (Phi) is 4.25. The summed E-state index contributed by atoms with van der Waals surface area (Å²) < 4.78 is 39.9. The van der Waals surface area contributed by atoms with Gasteiger partial charge in [0.15, 0.2) is 0 Å². The fourth-order valence-electron chi connectivity index (χ4n) is 3.37. The van der Waals surface area contributed by atoms with E-state index in [0.717, 1.165) is 0 Å². The molecule has 1 aromatic carbocycles. The number of fused-ring (bicyclic) bond motifs is 1. The maximum Gasteiger partial charge on any atom is 0.393 e. The molecule has 8 heteroatoms. The van der Waals surface area contributed by atoms with E-state index in [9.17, 15) is 22.8 Å². The number of hydrogen-bond acceptors (Lipinski definition) is 3. The Morgan fingerprint density at radius 1 is 1.25 bits per heavy atom. The summed E-state index contributed by atoms with van der Waals surface area (Å²) in [4.78, 5) is 27.5. The van der Waals surface area contributed by atoms with E-state index in [0.29, 0.717) is 11.4 Å². The van der Waals surface area contributed by atoms with Crippen LogP contribution < -0.4 is 10.2 Å². The van der Waals surface area contributed by atoms with Crippen LogP contribution in [-0.2, 0) is 9.59 Å². The van der Waals surface area contributed by atoms with Gasteiger partial charge in [-0.3, -0.25) is 9.59 Å². The zero-order valence-corrected chi connectivity index (χ0v) is 13.1. The van der Waals surface area contributed by atoms with Crippen LogP contribution in [0.3, 0.4) is 0 Å². The number of nitrogens with one attached hydrogen (secondary N) is 1. The first kappa shape index (κ1) is 16.8. The molecule has 1 fully saturated rings. The van der Waals surface area contributed by atoms with Crippen LogP contribution in [0.5, 0.6) is 0 Å². The lowest BCUT2D eigenvalue weighted by Gasteiger charge is -2.28. The molecule has 5 nitrogen and oxygen atoms in total. The second-order valence-corrected chi connectivity index (χ2v) is 6.28. The molecule has 2 heterocycles. The average molecular weight is 341 g/mol. The third-order valence-corrected chi connectivity index (χ3v) is 4.54. The summed E-state index contributed by atoms with van der Waals surface area (Å²) >= 11 is 0. The highest BCUT2D eigenvalue weighted by Crippen LogP contribution is 2.39. The standard InChI is InChI=1S/C16H18F3N3O2/c1-21-8-10(11(9-21)16(17,18)19)15(24)22-7-6-14(23)20-12-4-2-3-5-13(12)22/h2-5,10-11H,6-9H2,1H3,(H,20,23)/t10-,11-/m1/s1. The highest BCUT2D eigenvalue weighted by molar-refractivity contribution is 6.04. The minimum absolute atomic E-state index is 0.0552. The molecular formula is C16H18F3N3O2. The maximum atomic E-state index is 13.3. The van der Waals surface area contributed by atoms with Crippen molar-refractivity contribution in [3.63, 3.8) is 0 Å². The molecule has 1 saturated heterocycles. The quantitative estimate of drug-likeness (QED) is 0.851. The number of nitrogens with zero attached hydrogens (tertiary/aromatic N) is 2. The van der Waals surface area contributed by atoms with Gasteiger partial charge in [-0.25, -0.2) is 0 Å². The Labute approximate surface area is 137 Å². The summed E-state index contributed by atoms with van der Waals surface area (Å²) in [5.41, 5.74) is 0.895. The molecule has 0 aliphatic carbocycles. The molecule has 2 atom stereocenters. The second kappa shape index (κ2) is 6.08. The average Bonchev–Trinajstić information content (AvgIpc) is 2.82. The van der Waals surface area contributed by atoms with E-state index in [1.54, 1.807) is 31.3 Å². The number of amides is 2. The molecule has 0 spiro atoms. The van der Waals surface area contributed by atoms with Gasteiger partial charge in [-0.15, -0.1) is 0 Å². The summed E-state index contributed by atoms with van der Waals surface area (Å²) in [6.45, 7) is -0.0535. The van der Waals surface area contributed by atoms with Crippen LogP contribution in [0.15, 0.2) is 24.3 Å². The molecule has 0 saturated carbocycles. The number of carbonyl (C=O) groups excluding carboxylic acids is 2. The minimum atomic E-state index is -4.43. The third-order valence-electron chi connectivity index (χ3n) is 4.54. The number of para-hydroxylation sites is 2. The molecule has 24 heavy (non-hydrogen) atoms. The molecule has 1 N–H and O–H groups in total. The van der Waals surface area contributed by atoms with Crippen LogP contribution in [0.2, 0.25) is 0 Å². The van der Waals surface area contributed by atoms with Gasteiger partial charge in [0.25, 0.3) is 0 Å². The van der Waals surface area contributed by atoms with Crippen molar-refractivity contribution in [1.82, 2.24) is 4.90 Å². The Morgan fingerprint density at radius 2 is 1.96 bits per heavy atom. The summed E-state index contributed by atoms with van der Waals surface area (Å²) in [5.74, 6) is -3.68. The van der Waals surface area contributed by atoms with Crippen LogP contribution in [0.1, 0.15) is 6.42 Å². The molecule has 0 unspecified atom stereocenters. The molecule has 2 amide bonds. The lowest BCUT2D eigenvalue weighted by Crippen LogP contribution is -2.43. The van der Waals surface area contributed by atoms with E-state index in [1.807, 2.05) is 0 Å². The summed E-state index contributed by atoms with van der Waals surface area (Å²) in [6.07, 6.45) is -4.37. The van der Waals surface area contributed by atoms with E-state index < -0.39 is 23.9 Å². The molecular weight excluding hydrogens is 323 g/mol. The summed E-state index contributed by atoms with van der Waals surface area (Å²) in [5, 5.41) is 2.68. The van der Waals surface area contributed by atoms with Gasteiger partial charge in [0.05, 0.1) is 23.2 Å². The van der Waals surface area contributed by atoms with Crippen LogP contribution in [0, 0.1) is 11.8 Å². The van der Waals surface area contributed by atoms with Crippen molar-refractivity contribution >= 4 is 23.2 Å². The van der Waals surface area contributed by atoms with E-state index in [-0.39, 0.29) is 32.0 Å². The van der Waals surface area contributed by atoms with Gasteiger partial charge >= 0.3 is 6.18 Å². The predicted octanol–water partition coefficient (Wildman–Crippen LogP) is 2.10. The van der Waals surface area contributed by atoms with Gasteiger partial charge in [0, 0.05) is 26.1 Å². The van der Waals surface area contributed by atoms with Crippen molar-refractivity contribution in [2.24, 2.45) is 11.8 Å². The van der Waals surface area contributed by atoms with Gasteiger partial charge in [0.2, 0.25) is 11.8 Å². The highest BCUT2D eigenvalue weighted by atomic mass is 19.4. The number of carbonyl (C=O) groups is 2. The zero-order valence-electron chi connectivity index (χ0n) is 13.1. The van der Waals surface area contributed by atoms with Crippen LogP contribution in [-0.4, -0.2) is 49.6 Å². The first-order valence-corrected chi connectivity index (χ1v) is 7.73. The molecule has 130 valence electrons. The van der Waals surface area contributed by atoms with E-state index in [2.05, 4.69) is 5.32 Å². The van der Waals surface area contributed by atoms with Crippen molar-refractivity contribution in [2.75, 3.05) is 36.9 Å². The largest absolute Gasteiger partial charge is 0.393 e. The molecule has 0 aromatic heterocycles. The first-order chi connectivity index (χ1) is 11.3. The van der Waals surface area contributed by atoms with Crippen molar-refractivity contribution in [3.8, 4) is 0 Å². The lowest BCUT2D eigenvalue weighted by atomic mass is 9.93. The monoisotopic (exact) mass is 341 g/mol. The van der Waals surface area contributed by atoms with Crippen molar-refractivity contribution in [3.05, 3.63) is 24.3 Å². The van der Waals surface area contributed by atoms with E-state index in [1.165, 1.54) is 9.80 Å². The first-order valence-electron chi connectivity index (χ1n) is 7.73. The van der Waals surface area contributed by atoms with Crippen LogP contribution >= 0.6 is 0 Å². The predicted molar refractivity (Wildman–Crippen MR) is 82.6 cm³/mol. The van der Waals surface area contributed by atoms with Crippen molar-refractivity contribution in [2.45, 2.75) is 12.6 Å². The van der Waals surface area contributed by atoms with Gasteiger partial charge in [-0.1, -0.05) is 12.1 Å². The smallest absolute Gasteiger partial charge is 0.324 e. The van der Waals surface area contributed by atoms with Crippen molar-refractivity contribution < 1.29 is 22.8 Å². The minimum Gasteiger partial charge on any atom is -0.324 e. The van der Waals surface area contributed by atoms with Crippen molar-refractivity contribution in [1.29, 1.82) is 0 Å². The second-order valence-electron chi connectivity index (χ2n) is 6.28. The summed E-state index contributed by atoms with van der Waals surface area (Å²) in [6, 6.07) is 6.68. The number of likely N-dealkylation sites (tertiary alicyclic amines) is 1. The number of halogens is 3. The third kappa shape index (κ3) is 3.10. The van der Waals surface area contributed by atoms with Gasteiger partial charge in [0.1, 0.15) is 0 Å². The maximum absolute atomic E-state index is 13.3. The Bertz CT molecular complexity index is 662. The lowest BCUT2D eigenvalue weighted by molar-refractivity contribution is -0.182. The number of anilines is 2. The zero-order chi connectivity index (χ0) is 17.5. The summed E-state index contributed by atoms with van der Waals surface area (Å²) in [7, 11) is 1.58. The number of benzene rings is 1. The molecule has 0 bridgehead atoms. The molecule has 0 radical (unpaired) electrons. The van der Waals surface area contributed by atoms with Gasteiger partial charge in [-0.2, -0.15) is 13.2 Å². The number of alkyl halides is 3. The Morgan fingerprint density at radius 3 is 2.67 bits per heavy atom. The van der Waals surface area contributed by atoms with Gasteiger partial charge < -0.3 is 15.1 Å². The Hall–Kier alpha value is -2.09.